The normalized spacial score (nSPS) is 19.9. The number of nitriles is 1. The number of aryl methyl sites for hydroxylation is 2. The molecule has 1 aliphatic carbocycles. The van der Waals surface area contributed by atoms with E-state index in [4.69, 9.17) is 5.73 Å². The van der Waals surface area contributed by atoms with Gasteiger partial charge in [0.05, 0.1) is 23.2 Å². The van der Waals surface area contributed by atoms with Crippen molar-refractivity contribution < 1.29 is 4.79 Å². The van der Waals surface area contributed by atoms with Crippen LogP contribution in [0.25, 0.3) is 10.8 Å². The SMILES string of the molecule is Cc1ccc(C)c(C2C(C#N)=C(N)N(c3cccc4ccccc34)C3=C2C(=O)CC(C)(C)C3)c1. The Labute approximate surface area is 201 Å². The third-order valence-corrected chi connectivity index (χ3v) is 7.13. The first-order chi connectivity index (χ1) is 16.2. The van der Waals surface area contributed by atoms with Crippen molar-refractivity contribution in [2.24, 2.45) is 11.1 Å². The van der Waals surface area contributed by atoms with Crippen LogP contribution in [-0.4, -0.2) is 5.78 Å². The largest absolute Gasteiger partial charge is 0.384 e. The topological polar surface area (TPSA) is 70.1 Å². The second-order valence-corrected chi connectivity index (χ2v) is 10.3. The average molecular weight is 448 g/mol. The van der Waals surface area contributed by atoms with Crippen molar-refractivity contribution in [1.29, 1.82) is 5.26 Å². The first-order valence-corrected chi connectivity index (χ1v) is 11.7. The molecule has 0 radical (unpaired) electrons. The van der Waals surface area contributed by atoms with Gasteiger partial charge in [0.25, 0.3) is 0 Å². The Kier molecular flexibility index (Phi) is 5.10. The lowest BCUT2D eigenvalue weighted by atomic mass is 9.68. The molecule has 3 aromatic carbocycles. The van der Waals surface area contributed by atoms with Gasteiger partial charge in [0.1, 0.15) is 5.82 Å². The second-order valence-electron chi connectivity index (χ2n) is 10.3. The maximum absolute atomic E-state index is 13.8. The lowest BCUT2D eigenvalue weighted by Gasteiger charge is -2.44. The molecular weight excluding hydrogens is 418 g/mol. The molecule has 0 fully saturated rings. The highest BCUT2D eigenvalue weighted by Gasteiger charge is 2.45. The van der Waals surface area contributed by atoms with Crippen molar-refractivity contribution in [3.63, 3.8) is 0 Å². The van der Waals surface area contributed by atoms with Crippen LogP contribution in [0.1, 0.15) is 49.3 Å². The Bertz CT molecular complexity index is 1450. The zero-order chi connectivity index (χ0) is 24.2. The van der Waals surface area contributed by atoms with E-state index in [0.717, 1.165) is 38.8 Å². The molecule has 1 unspecified atom stereocenters. The van der Waals surface area contributed by atoms with Gasteiger partial charge >= 0.3 is 0 Å². The molecule has 2 N–H and O–H groups in total. The molecule has 5 rings (SSSR count). The number of anilines is 1. The number of allylic oxidation sites excluding steroid dienone is 3. The molecule has 3 aromatic rings. The number of rotatable bonds is 2. The number of nitrogens with two attached hydrogens (primary N) is 1. The van der Waals surface area contributed by atoms with Crippen LogP contribution < -0.4 is 10.6 Å². The van der Waals surface area contributed by atoms with E-state index >= 15 is 0 Å². The summed E-state index contributed by atoms with van der Waals surface area (Å²) < 4.78 is 0. The van der Waals surface area contributed by atoms with Crippen LogP contribution in [0.4, 0.5) is 5.69 Å². The Hall–Kier alpha value is -3.84. The highest BCUT2D eigenvalue weighted by molar-refractivity contribution is 6.03. The fourth-order valence-corrected chi connectivity index (χ4v) is 5.57. The molecule has 1 atom stereocenters. The van der Waals surface area contributed by atoms with E-state index in [1.165, 1.54) is 0 Å². The van der Waals surface area contributed by atoms with Crippen molar-refractivity contribution in [3.8, 4) is 6.07 Å². The highest BCUT2D eigenvalue weighted by atomic mass is 16.1. The summed E-state index contributed by atoms with van der Waals surface area (Å²) in [5.74, 6) is 0.0615. The Morgan fingerprint density at radius 2 is 1.76 bits per heavy atom. The third-order valence-electron chi connectivity index (χ3n) is 7.13. The minimum Gasteiger partial charge on any atom is -0.384 e. The van der Waals surface area contributed by atoms with E-state index < -0.39 is 5.92 Å². The van der Waals surface area contributed by atoms with Gasteiger partial charge in [0, 0.05) is 23.1 Å². The predicted octanol–water partition coefficient (Wildman–Crippen LogP) is 6.40. The lowest BCUT2D eigenvalue weighted by Crippen LogP contribution is -2.42. The summed E-state index contributed by atoms with van der Waals surface area (Å²) in [4.78, 5) is 15.8. The molecule has 2 aliphatic rings. The van der Waals surface area contributed by atoms with Crippen molar-refractivity contribution >= 4 is 22.2 Å². The summed E-state index contributed by atoms with van der Waals surface area (Å²) in [5.41, 5.74) is 12.8. The molecule has 4 heteroatoms. The third kappa shape index (κ3) is 3.40. The Morgan fingerprint density at radius 1 is 1.03 bits per heavy atom. The number of benzene rings is 3. The van der Waals surface area contributed by atoms with Crippen LogP contribution in [0.5, 0.6) is 0 Å². The number of hydrogen-bond donors (Lipinski definition) is 1. The highest BCUT2D eigenvalue weighted by Crippen LogP contribution is 2.51. The van der Waals surface area contributed by atoms with Gasteiger partial charge in [-0.25, -0.2) is 0 Å². The summed E-state index contributed by atoms with van der Waals surface area (Å²) >= 11 is 0. The molecule has 0 spiro atoms. The van der Waals surface area contributed by atoms with Gasteiger partial charge in [0.15, 0.2) is 5.78 Å². The minimum absolute atomic E-state index is 0.0997. The molecule has 1 heterocycles. The van der Waals surface area contributed by atoms with Crippen LogP contribution in [-0.2, 0) is 4.79 Å². The van der Waals surface area contributed by atoms with Crippen LogP contribution in [0.15, 0.2) is 83.3 Å². The monoisotopic (exact) mass is 447 g/mol. The number of nitrogens with zero attached hydrogens (tertiary/aromatic N) is 2. The van der Waals surface area contributed by atoms with E-state index in [9.17, 15) is 10.1 Å². The summed E-state index contributed by atoms with van der Waals surface area (Å²) in [6, 6.07) is 22.9. The number of fused-ring (bicyclic) bond motifs is 1. The Balaban J connectivity index is 1.85. The van der Waals surface area contributed by atoms with Crippen LogP contribution >= 0.6 is 0 Å². The molecule has 34 heavy (non-hydrogen) atoms. The first-order valence-electron chi connectivity index (χ1n) is 11.7. The number of ketones is 1. The van der Waals surface area contributed by atoms with Crippen LogP contribution in [0.2, 0.25) is 0 Å². The van der Waals surface area contributed by atoms with Gasteiger partial charge in [-0.1, -0.05) is 74.0 Å². The number of carbonyl (C=O) groups is 1. The minimum atomic E-state index is -0.449. The second kappa shape index (κ2) is 7.88. The number of carbonyl (C=O) groups excluding carboxylic acids is 1. The van der Waals surface area contributed by atoms with E-state index in [1.54, 1.807) is 0 Å². The van der Waals surface area contributed by atoms with Crippen molar-refractivity contribution in [2.75, 3.05) is 4.90 Å². The maximum atomic E-state index is 13.8. The molecule has 4 nitrogen and oxygen atoms in total. The summed E-state index contributed by atoms with van der Waals surface area (Å²) in [6.45, 7) is 8.33. The number of Topliss-reactive ketones (excluding diaryl/α,β-unsaturated/α-hetero) is 1. The zero-order valence-electron chi connectivity index (χ0n) is 20.1. The van der Waals surface area contributed by atoms with Crippen molar-refractivity contribution in [1.82, 2.24) is 0 Å². The number of hydrogen-bond acceptors (Lipinski definition) is 4. The molecule has 0 saturated carbocycles. The first kappa shape index (κ1) is 22.0. The van der Waals surface area contributed by atoms with E-state index in [2.05, 4.69) is 56.3 Å². The maximum Gasteiger partial charge on any atom is 0.162 e. The van der Waals surface area contributed by atoms with Crippen molar-refractivity contribution in [2.45, 2.75) is 46.5 Å². The van der Waals surface area contributed by atoms with E-state index in [-0.39, 0.29) is 11.2 Å². The van der Waals surface area contributed by atoms with Gasteiger partial charge in [-0.2, -0.15) is 5.26 Å². The van der Waals surface area contributed by atoms with E-state index in [1.807, 2.05) is 43.0 Å². The zero-order valence-corrected chi connectivity index (χ0v) is 20.1. The van der Waals surface area contributed by atoms with Gasteiger partial charge in [-0.05, 0) is 48.3 Å². The van der Waals surface area contributed by atoms with Gasteiger partial charge < -0.3 is 5.73 Å². The molecule has 0 saturated heterocycles. The van der Waals surface area contributed by atoms with Crippen LogP contribution in [0, 0.1) is 30.6 Å². The molecule has 0 amide bonds. The molecular formula is C30H29N3O. The van der Waals surface area contributed by atoms with Crippen molar-refractivity contribution in [3.05, 3.63) is 100 Å². The summed E-state index contributed by atoms with van der Waals surface area (Å²) in [7, 11) is 0. The predicted molar refractivity (Wildman–Crippen MR) is 137 cm³/mol. The average Bonchev–Trinajstić information content (AvgIpc) is 2.79. The van der Waals surface area contributed by atoms with E-state index in [0.29, 0.717) is 29.8 Å². The van der Waals surface area contributed by atoms with Gasteiger partial charge in [0.2, 0.25) is 0 Å². The molecule has 0 bridgehead atoms. The standard InChI is InChI=1S/C30H29N3O/c1-18-12-13-19(2)22(14-18)27-23(17-31)29(32)33(25-15-30(3,4)16-26(34)28(25)27)24-11-7-9-20-8-5-6-10-21(20)24/h5-14,27H,15-16,32H2,1-4H3. The quantitative estimate of drug-likeness (QED) is 0.494. The fourth-order valence-electron chi connectivity index (χ4n) is 5.57. The smallest absolute Gasteiger partial charge is 0.162 e. The molecule has 0 aromatic heterocycles. The lowest BCUT2D eigenvalue weighted by molar-refractivity contribution is -0.118. The summed E-state index contributed by atoms with van der Waals surface area (Å²) in [6.07, 6.45) is 1.16. The van der Waals surface area contributed by atoms with Gasteiger partial charge in [-0.3, -0.25) is 9.69 Å². The fraction of sp³-hybridized carbons (Fsp3) is 0.267. The van der Waals surface area contributed by atoms with Gasteiger partial charge in [-0.15, -0.1) is 0 Å². The Morgan fingerprint density at radius 3 is 2.53 bits per heavy atom. The summed E-state index contributed by atoms with van der Waals surface area (Å²) in [5, 5.41) is 12.5. The van der Waals surface area contributed by atoms with Crippen LogP contribution in [0.3, 0.4) is 0 Å². The molecule has 170 valence electrons. The molecule has 1 aliphatic heterocycles.